The van der Waals surface area contributed by atoms with Gasteiger partial charge in [0.2, 0.25) is 5.91 Å². The van der Waals surface area contributed by atoms with Gasteiger partial charge in [-0.1, -0.05) is 30.3 Å². The zero-order valence-corrected chi connectivity index (χ0v) is 14.9. The van der Waals surface area contributed by atoms with E-state index < -0.39 is 17.1 Å². The molecule has 0 spiro atoms. The van der Waals surface area contributed by atoms with E-state index in [2.05, 4.69) is 5.32 Å². The number of nitrogens with one attached hydrogen (secondary N) is 1. The number of phenolic OH excluding ortho intramolecular Hbond substituents is 2. The normalized spacial score (nSPS) is 14.7. The lowest BCUT2D eigenvalue weighted by Gasteiger charge is -2.30. The molecule has 0 saturated carbocycles. The van der Waals surface area contributed by atoms with Gasteiger partial charge in [-0.25, -0.2) is 4.39 Å². The number of carbonyl (C=O) groups excluding carboxylic acids is 1. The molecule has 0 aliphatic carbocycles. The molecule has 1 aliphatic heterocycles. The van der Waals surface area contributed by atoms with Gasteiger partial charge in [0.15, 0.2) is 0 Å². The van der Waals surface area contributed by atoms with Gasteiger partial charge in [0.25, 0.3) is 0 Å². The van der Waals surface area contributed by atoms with E-state index >= 15 is 0 Å². The van der Waals surface area contributed by atoms with Gasteiger partial charge in [0.1, 0.15) is 22.7 Å². The Hall–Kier alpha value is -3.34. The third kappa shape index (κ3) is 2.39. The molecule has 27 heavy (non-hydrogen) atoms. The molecule has 1 aliphatic rings. The number of aromatic hydroxyl groups is 2. The second kappa shape index (κ2) is 5.84. The molecule has 0 unspecified atom stereocenters. The molecule has 5 heteroatoms. The predicted octanol–water partition coefficient (Wildman–Crippen LogP) is 4.14. The second-order valence-corrected chi connectivity index (χ2v) is 6.94. The van der Waals surface area contributed by atoms with Crippen molar-refractivity contribution in [2.75, 3.05) is 5.32 Å². The number of benzene rings is 3. The Morgan fingerprint density at radius 3 is 1.85 bits per heavy atom. The van der Waals surface area contributed by atoms with E-state index in [1.165, 1.54) is 18.2 Å². The average molecular weight is 363 g/mol. The van der Waals surface area contributed by atoms with Crippen LogP contribution in [0.5, 0.6) is 11.5 Å². The summed E-state index contributed by atoms with van der Waals surface area (Å²) in [5, 5.41) is 24.1. The van der Waals surface area contributed by atoms with Crippen molar-refractivity contribution < 1.29 is 19.4 Å². The van der Waals surface area contributed by atoms with Crippen molar-refractivity contribution in [2.45, 2.75) is 19.3 Å². The highest BCUT2D eigenvalue weighted by Gasteiger charge is 2.52. The van der Waals surface area contributed by atoms with Gasteiger partial charge in [-0.15, -0.1) is 0 Å². The zero-order valence-electron chi connectivity index (χ0n) is 14.9. The third-order valence-electron chi connectivity index (χ3n) is 5.09. The Balaban J connectivity index is 2.14. The first-order valence-corrected chi connectivity index (χ1v) is 8.55. The summed E-state index contributed by atoms with van der Waals surface area (Å²) < 4.78 is 13.8. The molecule has 0 aromatic heterocycles. The summed E-state index contributed by atoms with van der Waals surface area (Å²) in [5.74, 6) is -1.07. The molecule has 3 N–H and O–H groups in total. The predicted molar refractivity (Wildman–Crippen MR) is 101 cm³/mol. The minimum Gasteiger partial charge on any atom is -0.508 e. The summed E-state index contributed by atoms with van der Waals surface area (Å²) in [6.45, 7) is 3.66. The topological polar surface area (TPSA) is 69.6 Å². The molecule has 3 aromatic rings. The van der Waals surface area contributed by atoms with Gasteiger partial charge in [-0.05, 0) is 49.2 Å². The highest BCUT2D eigenvalue weighted by Crippen LogP contribution is 2.52. The first-order chi connectivity index (χ1) is 12.8. The quantitative estimate of drug-likeness (QED) is 0.641. The smallest absolute Gasteiger partial charge is 0.244 e. The first-order valence-electron chi connectivity index (χ1n) is 8.55. The average Bonchev–Trinajstić information content (AvgIpc) is 2.86. The van der Waals surface area contributed by atoms with Crippen LogP contribution in [0.25, 0.3) is 0 Å². The molecule has 0 radical (unpaired) electrons. The third-order valence-corrected chi connectivity index (χ3v) is 5.09. The van der Waals surface area contributed by atoms with Crippen LogP contribution in [-0.2, 0) is 10.2 Å². The number of hydrogen-bond donors (Lipinski definition) is 3. The van der Waals surface area contributed by atoms with Crippen molar-refractivity contribution in [3.05, 3.63) is 88.2 Å². The summed E-state index contributed by atoms with van der Waals surface area (Å²) in [6, 6.07) is 14.1. The minimum atomic E-state index is -1.49. The van der Waals surface area contributed by atoms with Crippen LogP contribution in [-0.4, -0.2) is 16.1 Å². The van der Waals surface area contributed by atoms with E-state index in [0.29, 0.717) is 22.4 Å². The van der Waals surface area contributed by atoms with Crippen LogP contribution in [0, 0.1) is 19.7 Å². The van der Waals surface area contributed by atoms with Crippen LogP contribution in [0.4, 0.5) is 10.1 Å². The number of amides is 1. The lowest BCUT2D eigenvalue weighted by Crippen LogP contribution is -2.37. The van der Waals surface area contributed by atoms with Crippen molar-refractivity contribution in [3.8, 4) is 11.5 Å². The Labute approximate surface area is 155 Å². The second-order valence-electron chi connectivity index (χ2n) is 6.94. The van der Waals surface area contributed by atoms with Crippen LogP contribution in [0.3, 0.4) is 0 Å². The molecule has 0 fully saturated rings. The van der Waals surface area contributed by atoms with E-state index in [4.69, 9.17) is 0 Å². The van der Waals surface area contributed by atoms with Crippen LogP contribution in [0.15, 0.2) is 54.6 Å². The fraction of sp³-hybridized carbons (Fsp3) is 0.136. The first kappa shape index (κ1) is 17.1. The fourth-order valence-electron chi connectivity index (χ4n) is 3.88. The molecule has 136 valence electrons. The van der Waals surface area contributed by atoms with Gasteiger partial charge in [-0.2, -0.15) is 0 Å². The van der Waals surface area contributed by atoms with Crippen LogP contribution in [0.1, 0.15) is 27.8 Å². The largest absolute Gasteiger partial charge is 0.508 e. The van der Waals surface area contributed by atoms with Gasteiger partial charge in [0.05, 0.1) is 0 Å². The molecule has 1 amide bonds. The molecular formula is C22H18FNO3. The van der Waals surface area contributed by atoms with Crippen LogP contribution in [0.2, 0.25) is 0 Å². The Kier molecular flexibility index (Phi) is 3.70. The van der Waals surface area contributed by atoms with Crippen LogP contribution >= 0.6 is 0 Å². The van der Waals surface area contributed by atoms with Crippen LogP contribution < -0.4 is 5.32 Å². The summed E-state index contributed by atoms with van der Waals surface area (Å²) in [7, 11) is 0. The monoisotopic (exact) mass is 363 g/mol. The van der Waals surface area contributed by atoms with E-state index in [1.807, 2.05) is 13.8 Å². The Morgan fingerprint density at radius 2 is 1.33 bits per heavy atom. The summed E-state index contributed by atoms with van der Waals surface area (Å²) in [5.41, 5.74) is 1.63. The van der Waals surface area contributed by atoms with Crippen molar-refractivity contribution in [2.24, 2.45) is 0 Å². The van der Waals surface area contributed by atoms with E-state index in [0.717, 1.165) is 11.1 Å². The standard InChI is InChI=1S/C22H18FNO3/c1-12-3-6-16(19(25)9-12)22(17-7-4-13(2)10-20(17)26)15-8-5-14(23)11-18(15)24-21(22)27/h3-11,25-26H,1-2H3,(H,24,27). The molecule has 0 saturated heterocycles. The lowest BCUT2D eigenvalue weighted by atomic mass is 9.69. The molecule has 0 atom stereocenters. The maximum absolute atomic E-state index is 13.8. The number of carbonyl (C=O) groups is 1. The summed E-state index contributed by atoms with van der Waals surface area (Å²) >= 11 is 0. The molecule has 0 bridgehead atoms. The van der Waals surface area contributed by atoms with E-state index in [1.54, 1.807) is 36.4 Å². The highest BCUT2D eigenvalue weighted by atomic mass is 19.1. The zero-order chi connectivity index (χ0) is 19.3. The Bertz CT molecular complexity index is 1040. The van der Waals surface area contributed by atoms with Crippen molar-refractivity contribution in [1.82, 2.24) is 0 Å². The van der Waals surface area contributed by atoms with Crippen molar-refractivity contribution in [3.63, 3.8) is 0 Å². The van der Waals surface area contributed by atoms with Gasteiger partial charge in [0, 0.05) is 22.4 Å². The number of phenols is 2. The van der Waals surface area contributed by atoms with Crippen molar-refractivity contribution in [1.29, 1.82) is 0 Å². The Morgan fingerprint density at radius 1 is 0.815 bits per heavy atom. The number of rotatable bonds is 2. The lowest BCUT2D eigenvalue weighted by molar-refractivity contribution is -0.118. The fourth-order valence-corrected chi connectivity index (χ4v) is 3.88. The maximum Gasteiger partial charge on any atom is 0.244 e. The number of anilines is 1. The molecule has 3 aromatic carbocycles. The van der Waals surface area contributed by atoms with Gasteiger partial charge < -0.3 is 15.5 Å². The molecule has 1 heterocycles. The molecule has 4 rings (SSSR count). The van der Waals surface area contributed by atoms with E-state index in [9.17, 15) is 19.4 Å². The van der Waals surface area contributed by atoms with E-state index in [-0.39, 0.29) is 11.5 Å². The minimum absolute atomic E-state index is 0.0673. The highest BCUT2D eigenvalue weighted by molar-refractivity contribution is 6.12. The number of halogens is 1. The van der Waals surface area contributed by atoms with Gasteiger partial charge >= 0.3 is 0 Å². The maximum atomic E-state index is 13.8. The number of fused-ring (bicyclic) bond motifs is 1. The number of aryl methyl sites for hydroxylation is 2. The molecular weight excluding hydrogens is 345 g/mol. The number of hydrogen-bond acceptors (Lipinski definition) is 3. The summed E-state index contributed by atoms with van der Waals surface area (Å²) in [4.78, 5) is 13.3. The SMILES string of the molecule is Cc1ccc(C2(c3ccc(C)cc3O)C(=O)Nc3cc(F)ccc32)c(O)c1. The molecule has 4 nitrogen and oxygen atoms in total. The van der Waals surface area contributed by atoms with Gasteiger partial charge in [-0.3, -0.25) is 4.79 Å². The van der Waals surface area contributed by atoms with Crippen molar-refractivity contribution >= 4 is 11.6 Å². The summed E-state index contributed by atoms with van der Waals surface area (Å²) in [6.07, 6.45) is 0.